The van der Waals surface area contributed by atoms with Gasteiger partial charge in [0.15, 0.2) is 0 Å². The fourth-order valence-corrected chi connectivity index (χ4v) is 5.34. The summed E-state index contributed by atoms with van der Waals surface area (Å²) in [5.74, 6) is 0. The molecule has 2 aromatic carbocycles. The highest BCUT2D eigenvalue weighted by molar-refractivity contribution is 5.97. The quantitative estimate of drug-likeness (QED) is 0.463. The Balaban J connectivity index is 1.04. The van der Waals surface area contributed by atoms with Crippen LogP contribution in [0.2, 0.25) is 0 Å². The van der Waals surface area contributed by atoms with Crippen molar-refractivity contribution in [2.24, 2.45) is 0 Å². The monoisotopic (exact) mass is 443 g/mol. The van der Waals surface area contributed by atoms with E-state index in [-0.39, 0.29) is 6.03 Å². The van der Waals surface area contributed by atoms with Crippen molar-refractivity contribution < 1.29 is 4.79 Å². The van der Waals surface area contributed by atoms with Crippen LogP contribution in [0.25, 0.3) is 10.8 Å². The Hall–Kier alpha value is -3.12. The Morgan fingerprint density at radius 1 is 0.970 bits per heavy atom. The van der Waals surface area contributed by atoms with E-state index in [9.17, 15) is 4.79 Å². The van der Waals surface area contributed by atoms with Crippen LogP contribution >= 0.6 is 0 Å². The second-order valence-corrected chi connectivity index (χ2v) is 9.18. The number of urea groups is 1. The smallest absolute Gasteiger partial charge is 0.319 e. The van der Waals surface area contributed by atoms with Crippen LogP contribution in [0.3, 0.4) is 0 Å². The normalized spacial score (nSPS) is 19.9. The number of anilines is 2. The van der Waals surface area contributed by atoms with Crippen molar-refractivity contribution in [2.45, 2.75) is 50.6 Å². The molecule has 3 aromatic rings. The van der Waals surface area contributed by atoms with Gasteiger partial charge in [0.2, 0.25) is 0 Å². The predicted molar refractivity (Wildman–Crippen MR) is 135 cm³/mol. The van der Waals surface area contributed by atoms with Gasteiger partial charge in [-0.25, -0.2) is 4.79 Å². The lowest BCUT2D eigenvalue weighted by atomic mass is 9.88. The summed E-state index contributed by atoms with van der Waals surface area (Å²) in [4.78, 5) is 19.0. The zero-order valence-electron chi connectivity index (χ0n) is 19.1. The summed E-state index contributed by atoms with van der Waals surface area (Å²) >= 11 is 0. The Labute approximate surface area is 195 Å². The number of nitrogens with one attached hydrogen (secondary N) is 3. The van der Waals surface area contributed by atoms with Gasteiger partial charge < -0.3 is 20.9 Å². The average molecular weight is 444 g/mol. The van der Waals surface area contributed by atoms with Crippen LogP contribution in [0.4, 0.5) is 16.2 Å². The third kappa shape index (κ3) is 5.11. The van der Waals surface area contributed by atoms with Gasteiger partial charge in [-0.05, 0) is 68.8 Å². The molecule has 172 valence electrons. The molecule has 2 amide bonds. The zero-order chi connectivity index (χ0) is 22.5. The van der Waals surface area contributed by atoms with Crippen LogP contribution in [0.1, 0.15) is 37.7 Å². The van der Waals surface area contributed by atoms with E-state index in [2.05, 4.69) is 44.0 Å². The first kappa shape index (κ1) is 21.7. The molecule has 2 aliphatic rings. The molecule has 1 aliphatic heterocycles. The van der Waals surface area contributed by atoms with Crippen molar-refractivity contribution in [1.82, 2.24) is 15.6 Å². The van der Waals surface area contributed by atoms with Crippen LogP contribution < -0.4 is 20.9 Å². The molecule has 1 aliphatic carbocycles. The van der Waals surface area contributed by atoms with Gasteiger partial charge in [-0.1, -0.05) is 30.3 Å². The number of nitrogens with zero attached hydrogens (tertiary/aromatic N) is 2. The number of benzene rings is 2. The van der Waals surface area contributed by atoms with Gasteiger partial charge in [0, 0.05) is 59.7 Å². The molecule has 0 spiro atoms. The van der Waals surface area contributed by atoms with E-state index in [0.717, 1.165) is 31.6 Å². The SMILES string of the molecule is O=C(NCCCNC1CCC(N2CCc3cncc4cccc2c34)CC1)Nc1ccccc1. The number of aromatic nitrogens is 1. The zero-order valence-corrected chi connectivity index (χ0v) is 19.1. The summed E-state index contributed by atoms with van der Waals surface area (Å²) in [6.07, 6.45) is 10.9. The summed E-state index contributed by atoms with van der Waals surface area (Å²) in [7, 11) is 0. The Morgan fingerprint density at radius 2 is 1.82 bits per heavy atom. The van der Waals surface area contributed by atoms with E-state index in [1.165, 1.54) is 47.7 Å². The lowest BCUT2D eigenvalue weighted by Gasteiger charge is -2.41. The summed E-state index contributed by atoms with van der Waals surface area (Å²) in [6, 6.07) is 17.2. The van der Waals surface area contributed by atoms with E-state index in [4.69, 9.17) is 0 Å². The maximum atomic E-state index is 12.0. The standard InChI is InChI=1S/C27H33N5O/c33-27(31-23-7-2-1-3-8-23)30-16-5-15-29-22-10-12-24(13-11-22)32-17-14-21-19-28-18-20-6-4-9-25(32)26(20)21/h1-4,6-9,18-19,22,24,29H,5,10-17H2,(H2,30,31,33). The number of para-hydroxylation sites is 1. The number of hydrogen-bond acceptors (Lipinski definition) is 4. The summed E-state index contributed by atoms with van der Waals surface area (Å²) < 4.78 is 0. The molecule has 1 fully saturated rings. The minimum absolute atomic E-state index is 0.143. The Bertz CT molecular complexity index is 1070. The molecule has 6 nitrogen and oxygen atoms in total. The van der Waals surface area contributed by atoms with Gasteiger partial charge in [-0.2, -0.15) is 0 Å². The number of carbonyl (C=O) groups excluding carboxylic acids is 1. The van der Waals surface area contributed by atoms with Crippen molar-refractivity contribution in [3.8, 4) is 0 Å². The minimum atomic E-state index is -0.143. The highest BCUT2D eigenvalue weighted by Crippen LogP contribution is 2.37. The van der Waals surface area contributed by atoms with E-state index in [1.54, 1.807) is 0 Å². The van der Waals surface area contributed by atoms with Crippen molar-refractivity contribution in [3.63, 3.8) is 0 Å². The Morgan fingerprint density at radius 3 is 2.67 bits per heavy atom. The topological polar surface area (TPSA) is 69.3 Å². The van der Waals surface area contributed by atoms with Crippen molar-refractivity contribution >= 4 is 28.2 Å². The van der Waals surface area contributed by atoms with E-state index in [0.29, 0.717) is 18.6 Å². The largest absolute Gasteiger partial charge is 0.368 e. The van der Waals surface area contributed by atoms with E-state index in [1.807, 2.05) is 42.7 Å². The number of carbonyl (C=O) groups is 1. The van der Waals surface area contributed by atoms with Gasteiger partial charge >= 0.3 is 6.03 Å². The van der Waals surface area contributed by atoms with Gasteiger partial charge in [0.05, 0.1) is 0 Å². The molecule has 0 saturated heterocycles. The van der Waals surface area contributed by atoms with E-state index < -0.39 is 0 Å². The maximum absolute atomic E-state index is 12.0. The third-order valence-corrected chi connectivity index (χ3v) is 7.01. The third-order valence-electron chi connectivity index (χ3n) is 7.01. The molecular formula is C27H33N5O. The molecule has 0 bridgehead atoms. The fraction of sp³-hybridized carbons (Fsp3) is 0.407. The van der Waals surface area contributed by atoms with Crippen LogP contribution in [-0.2, 0) is 6.42 Å². The summed E-state index contributed by atoms with van der Waals surface area (Å²) in [6.45, 7) is 2.70. The lowest BCUT2D eigenvalue weighted by Crippen LogP contribution is -2.44. The van der Waals surface area contributed by atoms with Crippen molar-refractivity contribution in [3.05, 3.63) is 66.5 Å². The molecule has 2 heterocycles. The first-order valence-electron chi connectivity index (χ1n) is 12.2. The molecule has 6 heteroatoms. The average Bonchev–Trinajstić information content (AvgIpc) is 2.86. The van der Waals surface area contributed by atoms with Crippen LogP contribution in [-0.4, -0.2) is 42.7 Å². The van der Waals surface area contributed by atoms with Gasteiger partial charge in [-0.15, -0.1) is 0 Å². The fourth-order valence-electron chi connectivity index (χ4n) is 5.34. The molecule has 0 atom stereocenters. The minimum Gasteiger partial charge on any atom is -0.368 e. The molecule has 33 heavy (non-hydrogen) atoms. The first-order chi connectivity index (χ1) is 16.3. The molecule has 1 saturated carbocycles. The number of amides is 2. The number of rotatable bonds is 7. The Kier molecular flexibility index (Phi) is 6.72. The first-order valence-corrected chi connectivity index (χ1v) is 12.2. The van der Waals surface area contributed by atoms with Gasteiger partial charge in [-0.3, -0.25) is 4.98 Å². The lowest BCUT2D eigenvalue weighted by molar-refractivity contribution is 0.251. The van der Waals surface area contributed by atoms with Crippen LogP contribution in [0.15, 0.2) is 60.9 Å². The maximum Gasteiger partial charge on any atom is 0.319 e. The number of pyridine rings is 1. The molecule has 1 aromatic heterocycles. The van der Waals surface area contributed by atoms with Crippen molar-refractivity contribution in [2.75, 3.05) is 29.9 Å². The van der Waals surface area contributed by atoms with E-state index >= 15 is 0 Å². The molecule has 0 unspecified atom stereocenters. The highest BCUT2D eigenvalue weighted by atomic mass is 16.2. The second-order valence-electron chi connectivity index (χ2n) is 9.18. The predicted octanol–water partition coefficient (Wildman–Crippen LogP) is 4.71. The molecule has 3 N–H and O–H groups in total. The molecular weight excluding hydrogens is 410 g/mol. The van der Waals surface area contributed by atoms with Gasteiger partial charge in [0.25, 0.3) is 0 Å². The van der Waals surface area contributed by atoms with Crippen LogP contribution in [0.5, 0.6) is 0 Å². The molecule has 5 rings (SSSR count). The number of hydrogen-bond donors (Lipinski definition) is 3. The molecule has 0 radical (unpaired) electrons. The second kappa shape index (κ2) is 10.2. The highest BCUT2D eigenvalue weighted by Gasteiger charge is 2.29. The summed E-state index contributed by atoms with van der Waals surface area (Å²) in [5.41, 5.74) is 3.60. The van der Waals surface area contributed by atoms with Gasteiger partial charge in [0.1, 0.15) is 0 Å². The summed E-state index contributed by atoms with van der Waals surface area (Å²) in [5, 5.41) is 12.2. The van der Waals surface area contributed by atoms with Crippen LogP contribution in [0, 0.1) is 0 Å². The van der Waals surface area contributed by atoms with Crippen molar-refractivity contribution in [1.29, 1.82) is 0 Å².